The van der Waals surface area contributed by atoms with Crippen LogP contribution in [0.15, 0.2) is 97.2 Å². The first-order valence-corrected chi connectivity index (χ1v) is 21.3. The average molecular weight is 776 g/mol. The maximum atomic E-state index is 12.5. The van der Waals surface area contributed by atoms with Crippen LogP contribution in [0, 0.1) is 0 Å². The summed E-state index contributed by atoms with van der Waals surface area (Å²) in [5, 5.41) is 10.00. The first-order chi connectivity index (χ1) is 26.2. The largest absolute Gasteiger partial charge is 0.472 e. The molecule has 0 aliphatic heterocycles. The van der Waals surface area contributed by atoms with E-state index in [1.165, 1.54) is 0 Å². The minimum Gasteiger partial charge on any atom is -0.462 e. The molecule has 0 saturated carbocycles. The van der Waals surface area contributed by atoms with E-state index in [1.54, 1.807) is 6.08 Å². The Labute approximate surface area is 326 Å². The molecule has 0 aliphatic rings. The highest BCUT2D eigenvalue weighted by molar-refractivity contribution is 7.47. The van der Waals surface area contributed by atoms with Crippen LogP contribution in [0.2, 0.25) is 0 Å². The SMILES string of the molecule is CC/C=C\C/C=C\C/C=C\CCCCCCCC(=O)OC[C@H](COP(=O)(O)OCCN)OC(=O)CCC/C=C\C/C=C\C=C\C(O)C/C=C\C/C=C\CC. The minimum absolute atomic E-state index is 0.0259. The van der Waals surface area contributed by atoms with Gasteiger partial charge in [0.05, 0.1) is 19.3 Å². The Morgan fingerprint density at radius 1 is 0.648 bits per heavy atom. The van der Waals surface area contributed by atoms with Gasteiger partial charge in [-0.1, -0.05) is 130 Å². The normalized spacial score (nSPS) is 15.0. The van der Waals surface area contributed by atoms with E-state index >= 15 is 0 Å². The molecule has 4 N–H and O–H groups in total. The molecule has 0 amide bonds. The maximum absolute atomic E-state index is 12.5. The molecule has 0 heterocycles. The second-order valence-corrected chi connectivity index (χ2v) is 14.0. The molecule has 2 unspecified atom stereocenters. The van der Waals surface area contributed by atoms with Gasteiger partial charge in [-0.3, -0.25) is 18.6 Å². The lowest BCUT2D eigenvalue weighted by Gasteiger charge is -2.19. The second kappa shape index (κ2) is 38.2. The monoisotopic (exact) mass is 775 g/mol. The third-order valence-electron chi connectivity index (χ3n) is 7.55. The van der Waals surface area contributed by atoms with Gasteiger partial charge in [0.25, 0.3) is 0 Å². The molecule has 0 radical (unpaired) electrons. The molecule has 11 heteroatoms. The van der Waals surface area contributed by atoms with E-state index in [1.807, 2.05) is 42.5 Å². The number of aliphatic hydroxyl groups is 1. The Bertz CT molecular complexity index is 1220. The molecule has 0 fully saturated rings. The lowest BCUT2D eigenvalue weighted by atomic mass is 10.1. The third kappa shape index (κ3) is 37.2. The van der Waals surface area contributed by atoms with E-state index in [0.29, 0.717) is 32.1 Å². The van der Waals surface area contributed by atoms with Crippen molar-refractivity contribution >= 4 is 19.8 Å². The lowest BCUT2D eigenvalue weighted by molar-refractivity contribution is -0.161. The highest BCUT2D eigenvalue weighted by Gasteiger charge is 2.25. The van der Waals surface area contributed by atoms with Crippen LogP contribution < -0.4 is 5.73 Å². The van der Waals surface area contributed by atoms with Crippen LogP contribution >= 0.6 is 7.82 Å². The molecule has 10 nitrogen and oxygen atoms in total. The topological polar surface area (TPSA) is 155 Å². The highest BCUT2D eigenvalue weighted by atomic mass is 31.2. The molecule has 0 rings (SSSR count). The Hall–Kier alpha value is -3.11. The number of carbonyl (C=O) groups is 2. The molecule has 54 heavy (non-hydrogen) atoms. The number of ether oxygens (including phenoxy) is 2. The Morgan fingerprint density at radius 2 is 1.20 bits per heavy atom. The van der Waals surface area contributed by atoms with Crippen LogP contribution in [0.1, 0.15) is 123 Å². The molecule has 306 valence electrons. The zero-order valence-electron chi connectivity index (χ0n) is 33.0. The van der Waals surface area contributed by atoms with Crippen molar-refractivity contribution in [3.63, 3.8) is 0 Å². The number of hydrogen-bond acceptors (Lipinski definition) is 9. The number of carbonyl (C=O) groups excluding carboxylic acids is 2. The van der Waals surface area contributed by atoms with Crippen LogP contribution in [-0.4, -0.2) is 60.5 Å². The molecular formula is C43H70NO9P. The Balaban J connectivity index is 4.43. The van der Waals surface area contributed by atoms with Crippen molar-refractivity contribution in [2.75, 3.05) is 26.4 Å². The van der Waals surface area contributed by atoms with E-state index in [0.717, 1.165) is 64.2 Å². The molecule has 0 spiro atoms. The van der Waals surface area contributed by atoms with Gasteiger partial charge in [0.1, 0.15) is 6.61 Å². The first kappa shape index (κ1) is 50.9. The summed E-state index contributed by atoms with van der Waals surface area (Å²) in [5.74, 6) is -0.969. The number of unbranched alkanes of at least 4 members (excludes halogenated alkanes) is 6. The standard InChI is InChI=1S/C43H70NO9P/c1-3-5-7-9-11-12-13-14-15-16-17-18-22-26-30-34-42(46)50-38-41(39-52-54(48,49)51-37-36-44)53-43(47)35-31-27-23-20-19-21-25-29-33-40(45)32-28-24-10-8-6-4-2/h5-8,11-12,14-15,20-21,23-25,28-29,33,40-41,45H,3-4,9-10,13,16-19,22,26-27,30-32,34-39,44H2,1-2H3,(H,48,49)/b7-5-,8-6-,12-11-,15-14-,23-20-,25-21-,28-24-,33-29+/t40?,41-/m1/s1. The molecule has 0 aromatic heterocycles. The summed E-state index contributed by atoms with van der Waals surface area (Å²) >= 11 is 0. The fourth-order valence-corrected chi connectivity index (χ4v) is 5.41. The number of esters is 2. The van der Waals surface area contributed by atoms with Gasteiger partial charge in [-0.05, 0) is 77.0 Å². The predicted molar refractivity (Wildman–Crippen MR) is 221 cm³/mol. The van der Waals surface area contributed by atoms with E-state index in [-0.39, 0.29) is 32.6 Å². The summed E-state index contributed by atoms with van der Waals surface area (Å²) in [6, 6.07) is 0. The van der Waals surface area contributed by atoms with Crippen LogP contribution in [0.5, 0.6) is 0 Å². The number of nitrogens with two attached hydrogens (primary N) is 1. The van der Waals surface area contributed by atoms with Crippen molar-refractivity contribution in [2.24, 2.45) is 5.73 Å². The van der Waals surface area contributed by atoms with E-state index in [9.17, 15) is 24.2 Å². The van der Waals surface area contributed by atoms with Gasteiger partial charge in [-0.25, -0.2) is 4.57 Å². The van der Waals surface area contributed by atoms with Crippen molar-refractivity contribution < 1.29 is 42.7 Å². The van der Waals surface area contributed by atoms with Gasteiger partial charge in [0.2, 0.25) is 0 Å². The van der Waals surface area contributed by atoms with Crippen molar-refractivity contribution in [2.45, 2.75) is 135 Å². The third-order valence-corrected chi connectivity index (χ3v) is 8.53. The van der Waals surface area contributed by atoms with E-state index in [4.69, 9.17) is 24.3 Å². The number of aliphatic hydroxyl groups excluding tert-OH is 1. The van der Waals surface area contributed by atoms with Crippen molar-refractivity contribution in [1.29, 1.82) is 0 Å². The van der Waals surface area contributed by atoms with Crippen molar-refractivity contribution in [1.82, 2.24) is 0 Å². The van der Waals surface area contributed by atoms with Gasteiger partial charge in [0, 0.05) is 19.4 Å². The summed E-state index contributed by atoms with van der Waals surface area (Å²) < 4.78 is 32.6. The maximum Gasteiger partial charge on any atom is 0.472 e. The fraction of sp³-hybridized carbons (Fsp3) is 0.581. The molecular weight excluding hydrogens is 705 g/mol. The summed E-state index contributed by atoms with van der Waals surface area (Å²) in [4.78, 5) is 34.8. The first-order valence-electron chi connectivity index (χ1n) is 19.8. The zero-order chi connectivity index (χ0) is 39.8. The summed E-state index contributed by atoms with van der Waals surface area (Å²) in [7, 11) is -4.42. The molecule has 0 aromatic rings. The minimum atomic E-state index is -4.42. The number of phosphoric acid groups is 1. The Kier molecular flexibility index (Phi) is 36.0. The second-order valence-electron chi connectivity index (χ2n) is 12.6. The van der Waals surface area contributed by atoms with Gasteiger partial charge < -0.3 is 25.2 Å². The lowest BCUT2D eigenvalue weighted by Crippen LogP contribution is -2.29. The van der Waals surface area contributed by atoms with Gasteiger partial charge in [-0.2, -0.15) is 0 Å². The fourth-order valence-electron chi connectivity index (χ4n) is 4.65. The van der Waals surface area contributed by atoms with E-state index < -0.39 is 38.6 Å². The molecule has 0 bridgehead atoms. The highest BCUT2D eigenvalue weighted by Crippen LogP contribution is 2.43. The molecule has 0 aliphatic carbocycles. The summed E-state index contributed by atoms with van der Waals surface area (Å²) in [6.07, 6.45) is 44.7. The molecule has 3 atom stereocenters. The van der Waals surface area contributed by atoms with E-state index in [2.05, 4.69) is 62.5 Å². The zero-order valence-corrected chi connectivity index (χ0v) is 33.9. The van der Waals surface area contributed by atoms with Crippen LogP contribution in [0.3, 0.4) is 0 Å². The smallest absolute Gasteiger partial charge is 0.462 e. The molecule has 0 saturated heterocycles. The van der Waals surface area contributed by atoms with Gasteiger partial charge in [0.15, 0.2) is 6.10 Å². The van der Waals surface area contributed by atoms with Crippen LogP contribution in [-0.2, 0) is 32.7 Å². The van der Waals surface area contributed by atoms with Gasteiger partial charge >= 0.3 is 19.8 Å². The number of hydrogen-bond donors (Lipinski definition) is 3. The summed E-state index contributed by atoms with van der Waals surface area (Å²) in [5.41, 5.74) is 5.33. The number of allylic oxidation sites excluding steroid dienone is 14. The average Bonchev–Trinajstić information content (AvgIpc) is 3.15. The van der Waals surface area contributed by atoms with Crippen LogP contribution in [0.25, 0.3) is 0 Å². The predicted octanol–water partition coefficient (Wildman–Crippen LogP) is 10.0. The summed E-state index contributed by atoms with van der Waals surface area (Å²) in [6.45, 7) is 3.28. The molecule has 0 aromatic carbocycles. The quantitative estimate of drug-likeness (QED) is 0.0186. The number of rotatable bonds is 35. The van der Waals surface area contributed by atoms with Gasteiger partial charge in [-0.15, -0.1) is 0 Å². The Morgan fingerprint density at radius 3 is 1.87 bits per heavy atom. The number of phosphoric ester groups is 1. The van der Waals surface area contributed by atoms with Crippen molar-refractivity contribution in [3.8, 4) is 0 Å². The van der Waals surface area contributed by atoms with Crippen LogP contribution in [0.4, 0.5) is 0 Å². The van der Waals surface area contributed by atoms with Crippen molar-refractivity contribution in [3.05, 3.63) is 97.2 Å².